The summed E-state index contributed by atoms with van der Waals surface area (Å²) in [5.41, 5.74) is 1.97. The minimum atomic E-state index is -0.442. The lowest BCUT2D eigenvalue weighted by Gasteiger charge is -2.11. The van der Waals surface area contributed by atoms with Crippen LogP contribution >= 0.6 is 0 Å². The summed E-state index contributed by atoms with van der Waals surface area (Å²) < 4.78 is 26.5. The molecule has 3 rings (SSSR count). The van der Waals surface area contributed by atoms with E-state index < -0.39 is 5.82 Å². The number of benzene rings is 1. The molecule has 2 aromatic heterocycles. The lowest BCUT2D eigenvalue weighted by Crippen LogP contribution is -2.03. The van der Waals surface area contributed by atoms with Crippen molar-refractivity contribution in [1.82, 2.24) is 19.7 Å². The van der Waals surface area contributed by atoms with Crippen molar-refractivity contribution in [2.75, 3.05) is 19.0 Å². The van der Waals surface area contributed by atoms with Gasteiger partial charge in [0, 0.05) is 11.8 Å². The number of aryl methyl sites for hydroxylation is 1. The third-order valence-corrected chi connectivity index (χ3v) is 3.72. The normalized spacial score (nSPS) is 10.7. The average Bonchev–Trinajstić information content (AvgIpc) is 3.10. The molecule has 0 aliphatic heterocycles. The van der Waals surface area contributed by atoms with Crippen molar-refractivity contribution in [3.05, 3.63) is 53.9 Å². The van der Waals surface area contributed by atoms with Crippen LogP contribution in [0.1, 0.15) is 11.1 Å². The molecular weight excluding hydrogens is 353 g/mol. The standard InChI is InChI=1S/C18H20FN5O3/c1-12-5-13(17(19)16(6-12)26-2)11-27-15-8-20-18(21-9-15)23-14-7-22-24(10-14)3-4-25/h5-10,25H,3-4,11H2,1-2H3,(H,20,21,23). The zero-order chi connectivity index (χ0) is 19.2. The van der Waals surface area contributed by atoms with Crippen molar-refractivity contribution in [1.29, 1.82) is 0 Å². The van der Waals surface area contributed by atoms with Gasteiger partial charge in [0.2, 0.25) is 5.95 Å². The fourth-order valence-corrected chi connectivity index (χ4v) is 2.46. The molecule has 142 valence electrons. The smallest absolute Gasteiger partial charge is 0.227 e. The molecule has 0 bridgehead atoms. The summed E-state index contributed by atoms with van der Waals surface area (Å²) in [5.74, 6) is 0.527. The van der Waals surface area contributed by atoms with Crippen molar-refractivity contribution in [2.45, 2.75) is 20.1 Å². The van der Waals surface area contributed by atoms with Gasteiger partial charge >= 0.3 is 0 Å². The second-order valence-corrected chi connectivity index (χ2v) is 5.81. The Kier molecular flexibility index (Phi) is 5.82. The highest BCUT2D eigenvalue weighted by atomic mass is 19.1. The summed E-state index contributed by atoms with van der Waals surface area (Å²) in [6.45, 7) is 2.32. The third-order valence-electron chi connectivity index (χ3n) is 3.72. The summed E-state index contributed by atoms with van der Waals surface area (Å²) in [7, 11) is 1.43. The Morgan fingerprint density at radius 1 is 1.22 bits per heavy atom. The zero-order valence-electron chi connectivity index (χ0n) is 15.0. The molecule has 8 nitrogen and oxygen atoms in total. The molecule has 0 saturated heterocycles. The summed E-state index contributed by atoms with van der Waals surface area (Å²) in [5, 5.41) is 16.0. The fourth-order valence-electron chi connectivity index (χ4n) is 2.46. The predicted octanol–water partition coefficient (Wildman–Crippen LogP) is 2.44. The Labute approximate surface area is 155 Å². The maximum Gasteiger partial charge on any atom is 0.227 e. The first-order valence-corrected chi connectivity index (χ1v) is 8.27. The van der Waals surface area contributed by atoms with Gasteiger partial charge in [-0.25, -0.2) is 14.4 Å². The van der Waals surface area contributed by atoms with Crippen molar-refractivity contribution >= 4 is 11.6 Å². The largest absolute Gasteiger partial charge is 0.494 e. The number of hydrogen-bond acceptors (Lipinski definition) is 7. The number of anilines is 2. The van der Waals surface area contributed by atoms with Gasteiger partial charge in [-0.2, -0.15) is 5.10 Å². The summed E-state index contributed by atoms with van der Waals surface area (Å²) >= 11 is 0. The van der Waals surface area contributed by atoms with Crippen molar-refractivity contribution < 1.29 is 19.0 Å². The van der Waals surface area contributed by atoms with Crippen LogP contribution in [-0.4, -0.2) is 38.6 Å². The number of hydrogen-bond donors (Lipinski definition) is 2. The van der Waals surface area contributed by atoms with Crippen LogP contribution in [0.3, 0.4) is 0 Å². The number of aromatic nitrogens is 4. The van der Waals surface area contributed by atoms with Crippen LogP contribution in [0.15, 0.2) is 36.9 Å². The first kappa shape index (κ1) is 18.6. The molecule has 0 aliphatic carbocycles. The van der Waals surface area contributed by atoms with Crippen LogP contribution in [0.25, 0.3) is 0 Å². The number of aliphatic hydroxyl groups is 1. The van der Waals surface area contributed by atoms with Crippen LogP contribution in [0.5, 0.6) is 11.5 Å². The summed E-state index contributed by atoms with van der Waals surface area (Å²) in [4.78, 5) is 8.33. The van der Waals surface area contributed by atoms with Crippen LogP contribution in [0, 0.1) is 12.7 Å². The van der Waals surface area contributed by atoms with Crippen LogP contribution in [0.4, 0.5) is 16.0 Å². The van der Waals surface area contributed by atoms with E-state index in [2.05, 4.69) is 20.4 Å². The minimum Gasteiger partial charge on any atom is -0.494 e. The van der Waals surface area contributed by atoms with E-state index in [1.54, 1.807) is 29.2 Å². The number of nitrogens with zero attached hydrogens (tertiary/aromatic N) is 4. The molecule has 0 spiro atoms. The highest BCUT2D eigenvalue weighted by molar-refractivity contribution is 5.50. The van der Waals surface area contributed by atoms with Gasteiger partial charge in [-0.05, 0) is 24.6 Å². The van der Waals surface area contributed by atoms with E-state index >= 15 is 0 Å². The van der Waals surface area contributed by atoms with E-state index in [1.807, 2.05) is 6.92 Å². The molecule has 3 aromatic rings. The predicted molar refractivity (Wildman–Crippen MR) is 96.6 cm³/mol. The monoisotopic (exact) mass is 373 g/mol. The molecule has 2 N–H and O–H groups in total. The molecule has 27 heavy (non-hydrogen) atoms. The quantitative estimate of drug-likeness (QED) is 0.626. The molecule has 0 radical (unpaired) electrons. The van der Waals surface area contributed by atoms with Gasteiger partial charge < -0.3 is 19.9 Å². The van der Waals surface area contributed by atoms with E-state index in [-0.39, 0.29) is 19.0 Å². The Morgan fingerprint density at radius 3 is 2.70 bits per heavy atom. The van der Waals surface area contributed by atoms with Gasteiger partial charge in [-0.1, -0.05) is 0 Å². The number of nitrogens with one attached hydrogen (secondary N) is 1. The third kappa shape index (κ3) is 4.70. The summed E-state index contributed by atoms with van der Waals surface area (Å²) in [6.07, 6.45) is 6.34. The Bertz CT molecular complexity index is 899. The number of methoxy groups -OCH3 is 1. The number of ether oxygens (including phenoxy) is 2. The van der Waals surface area contributed by atoms with Crippen LogP contribution < -0.4 is 14.8 Å². The van der Waals surface area contributed by atoms with Crippen molar-refractivity contribution in [2.24, 2.45) is 0 Å². The molecule has 0 amide bonds. The fraction of sp³-hybridized carbons (Fsp3) is 0.278. The minimum absolute atomic E-state index is 0.0110. The topological polar surface area (TPSA) is 94.3 Å². The van der Waals surface area contributed by atoms with Crippen LogP contribution in [-0.2, 0) is 13.2 Å². The van der Waals surface area contributed by atoms with E-state index in [0.29, 0.717) is 29.5 Å². The second-order valence-electron chi connectivity index (χ2n) is 5.81. The Hall–Kier alpha value is -3.20. The van der Waals surface area contributed by atoms with Gasteiger partial charge in [0.05, 0.1) is 44.5 Å². The van der Waals surface area contributed by atoms with Gasteiger partial charge in [0.1, 0.15) is 6.61 Å². The Balaban J connectivity index is 1.61. The maximum absolute atomic E-state index is 14.2. The maximum atomic E-state index is 14.2. The molecule has 0 saturated carbocycles. The molecule has 0 unspecified atom stereocenters. The van der Waals surface area contributed by atoms with E-state index in [1.165, 1.54) is 19.5 Å². The SMILES string of the molecule is COc1cc(C)cc(COc2cnc(Nc3cnn(CCO)c3)nc2)c1F. The van der Waals surface area contributed by atoms with Crippen molar-refractivity contribution in [3.63, 3.8) is 0 Å². The molecule has 1 aromatic carbocycles. The first-order valence-electron chi connectivity index (χ1n) is 8.27. The number of aliphatic hydroxyl groups excluding tert-OH is 1. The average molecular weight is 373 g/mol. The number of halogens is 1. The second kappa shape index (κ2) is 8.45. The number of rotatable bonds is 8. The molecule has 9 heteroatoms. The highest BCUT2D eigenvalue weighted by Gasteiger charge is 2.11. The zero-order valence-corrected chi connectivity index (χ0v) is 15.0. The molecule has 2 heterocycles. The van der Waals surface area contributed by atoms with Gasteiger partial charge in [-0.3, -0.25) is 4.68 Å². The van der Waals surface area contributed by atoms with E-state index in [9.17, 15) is 4.39 Å². The van der Waals surface area contributed by atoms with Gasteiger partial charge in [-0.15, -0.1) is 0 Å². The molecule has 0 fully saturated rings. The lowest BCUT2D eigenvalue weighted by atomic mass is 10.1. The molecule has 0 atom stereocenters. The van der Waals surface area contributed by atoms with Crippen molar-refractivity contribution in [3.8, 4) is 11.5 Å². The molecular formula is C18H20FN5O3. The van der Waals surface area contributed by atoms with E-state index in [0.717, 1.165) is 5.56 Å². The van der Waals surface area contributed by atoms with Crippen LogP contribution in [0.2, 0.25) is 0 Å². The lowest BCUT2D eigenvalue weighted by molar-refractivity contribution is 0.269. The summed E-state index contributed by atoms with van der Waals surface area (Å²) in [6, 6.07) is 3.34. The highest BCUT2D eigenvalue weighted by Crippen LogP contribution is 2.24. The first-order chi connectivity index (χ1) is 13.1. The van der Waals surface area contributed by atoms with Gasteiger partial charge in [0.25, 0.3) is 0 Å². The molecule has 0 aliphatic rings. The van der Waals surface area contributed by atoms with E-state index in [4.69, 9.17) is 14.6 Å². The van der Waals surface area contributed by atoms with Gasteiger partial charge in [0.15, 0.2) is 17.3 Å². The Morgan fingerprint density at radius 2 is 2.00 bits per heavy atom.